The van der Waals surface area contributed by atoms with Crippen molar-refractivity contribution >= 4 is 23.2 Å². The van der Waals surface area contributed by atoms with E-state index in [-0.39, 0.29) is 29.1 Å². The molecule has 6 nitrogen and oxygen atoms in total. The van der Waals surface area contributed by atoms with Gasteiger partial charge in [-0.15, -0.1) is 0 Å². The van der Waals surface area contributed by atoms with Gasteiger partial charge in [0.2, 0.25) is 11.8 Å². The minimum absolute atomic E-state index is 0.0126. The van der Waals surface area contributed by atoms with Crippen molar-refractivity contribution in [1.29, 1.82) is 0 Å². The zero-order chi connectivity index (χ0) is 16.9. The summed E-state index contributed by atoms with van der Waals surface area (Å²) in [6, 6.07) is 1.74. The summed E-state index contributed by atoms with van der Waals surface area (Å²) < 4.78 is 28.8. The van der Waals surface area contributed by atoms with E-state index in [9.17, 15) is 18.4 Å². The molecule has 3 fully saturated rings. The maximum atomic E-state index is 14.4. The number of hydrogen-bond acceptors (Lipinski definition) is 5. The molecule has 4 rings (SSSR count). The number of rotatable bonds is 3. The van der Waals surface area contributed by atoms with Gasteiger partial charge >= 0.3 is 0 Å². The van der Waals surface area contributed by atoms with E-state index < -0.39 is 23.6 Å². The number of amides is 2. The van der Waals surface area contributed by atoms with Gasteiger partial charge in [0, 0.05) is 43.7 Å². The second-order valence-corrected chi connectivity index (χ2v) is 6.90. The van der Waals surface area contributed by atoms with Crippen molar-refractivity contribution in [2.24, 2.45) is 5.41 Å². The molecule has 128 valence electrons. The van der Waals surface area contributed by atoms with Crippen molar-refractivity contribution in [3.05, 3.63) is 23.8 Å². The number of nitrogens with one attached hydrogen (secondary N) is 3. The van der Waals surface area contributed by atoms with Crippen LogP contribution in [0.3, 0.4) is 0 Å². The smallest absolute Gasteiger partial charge is 0.249 e. The first kappa shape index (κ1) is 15.3. The quantitative estimate of drug-likeness (QED) is 0.705. The lowest BCUT2D eigenvalue weighted by Gasteiger charge is -2.57. The molecule has 0 aromatic heterocycles. The molecule has 3 N–H and O–H groups in total. The van der Waals surface area contributed by atoms with Crippen molar-refractivity contribution in [3.63, 3.8) is 0 Å². The summed E-state index contributed by atoms with van der Waals surface area (Å²) in [5, 5.41) is 8.19. The van der Waals surface area contributed by atoms with Gasteiger partial charge in [-0.05, 0) is 18.6 Å². The molecule has 8 heteroatoms. The van der Waals surface area contributed by atoms with Gasteiger partial charge in [-0.1, -0.05) is 0 Å². The summed E-state index contributed by atoms with van der Waals surface area (Å²) in [6.45, 7) is 3.07. The molecule has 0 radical (unpaired) electrons. The van der Waals surface area contributed by atoms with E-state index in [0.717, 1.165) is 13.1 Å². The molecule has 3 aliphatic heterocycles. The summed E-state index contributed by atoms with van der Waals surface area (Å²) in [6.07, 6.45) is 0.508. The molecule has 1 spiro atoms. The van der Waals surface area contributed by atoms with Crippen LogP contribution >= 0.6 is 0 Å². The van der Waals surface area contributed by atoms with Gasteiger partial charge in [0.15, 0.2) is 11.6 Å². The molecule has 1 aromatic carbocycles. The van der Waals surface area contributed by atoms with E-state index in [2.05, 4.69) is 16.0 Å². The van der Waals surface area contributed by atoms with Gasteiger partial charge in [0.05, 0.1) is 0 Å². The number of halogens is 2. The van der Waals surface area contributed by atoms with Crippen LogP contribution in [0, 0.1) is 17.0 Å². The second kappa shape index (κ2) is 5.41. The van der Waals surface area contributed by atoms with Crippen LogP contribution in [0.15, 0.2) is 12.1 Å². The Kier molecular flexibility index (Phi) is 3.45. The van der Waals surface area contributed by atoms with Crippen molar-refractivity contribution in [1.82, 2.24) is 10.6 Å². The van der Waals surface area contributed by atoms with Crippen LogP contribution in [-0.4, -0.2) is 44.0 Å². The highest BCUT2D eigenvalue weighted by Crippen LogP contribution is 2.40. The third kappa shape index (κ3) is 2.50. The van der Waals surface area contributed by atoms with Crippen LogP contribution in [-0.2, 0) is 9.59 Å². The number of piperidine rings is 1. The normalized spacial score (nSPS) is 25.1. The lowest BCUT2D eigenvalue weighted by Crippen LogP contribution is -2.71. The molecular weight excluding hydrogens is 318 g/mol. The van der Waals surface area contributed by atoms with E-state index in [1.807, 2.05) is 0 Å². The second-order valence-electron chi connectivity index (χ2n) is 6.90. The molecule has 3 saturated heterocycles. The number of imide groups is 1. The Morgan fingerprint density at radius 3 is 2.38 bits per heavy atom. The summed E-state index contributed by atoms with van der Waals surface area (Å²) in [5.41, 5.74) is 0.354. The fraction of sp³-hybridized carbons (Fsp3) is 0.500. The third-order valence-corrected chi connectivity index (χ3v) is 4.97. The van der Waals surface area contributed by atoms with Gasteiger partial charge < -0.3 is 15.5 Å². The van der Waals surface area contributed by atoms with Crippen LogP contribution in [0.4, 0.5) is 20.2 Å². The van der Waals surface area contributed by atoms with Gasteiger partial charge in [-0.2, -0.15) is 0 Å². The summed E-state index contributed by atoms with van der Waals surface area (Å²) in [4.78, 5) is 24.6. The van der Waals surface area contributed by atoms with E-state index in [0.29, 0.717) is 19.5 Å². The molecule has 3 heterocycles. The van der Waals surface area contributed by atoms with Crippen LogP contribution in [0.2, 0.25) is 0 Å². The monoisotopic (exact) mass is 336 g/mol. The van der Waals surface area contributed by atoms with Gasteiger partial charge in [0.25, 0.3) is 0 Å². The molecule has 1 aromatic rings. The summed E-state index contributed by atoms with van der Waals surface area (Å²) in [5.74, 6) is -2.10. The topological polar surface area (TPSA) is 73.5 Å². The standard InChI is InChI=1S/C16H18F2N4O2/c17-10-3-9(20-12-1-2-13(23)21-15(12)24)4-11(18)14(10)22-7-16(8-22)5-19-6-16/h3-4,12,19-20H,1-2,5-8H2,(H,21,23,24). The Morgan fingerprint density at radius 2 is 1.83 bits per heavy atom. The average Bonchev–Trinajstić information content (AvgIpc) is 2.41. The lowest BCUT2D eigenvalue weighted by atomic mass is 9.74. The number of hydrogen-bond donors (Lipinski definition) is 3. The van der Waals surface area contributed by atoms with Gasteiger partial charge in [-0.3, -0.25) is 14.9 Å². The lowest BCUT2D eigenvalue weighted by molar-refractivity contribution is -0.133. The maximum Gasteiger partial charge on any atom is 0.249 e. The Labute approximate surface area is 137 Å². The molecular formula is C16H18F2N4O2. The fourth-order valence-electron chi connectivity index (χ4n) is 3.61. The van der Waals surface area contributed by atoms with Crippen molar-refractivity contribution in [2.75, 3.05) is 36.4 Å². The zero-order valence-corrected chi connectivity index (χ0v) is 13.0. The summed E-state index contributed by atoms with van der Waals surface area (Å²) in [7, 11) is 0. The van der Waals surface area contributed by atoms with Crippen molar-refractivity contribution < 1.29 is 18.4 Å². The van der Waals surface area contributed by atoms with Crippen molar-refractivity contribution in [3.8, 4) is 0 Å². The Morgan fingerprint density at radius 1 is 1.17 bits per heavy atom. The highest BCUT2D eigenvalue weighted by Gasteiger charge is 2.48. The largest absolute Gasteiger partial charge is 0.373 e. The first-order chi connectivity index (χ1) is 11.5. The van der Waals surface area contributed by atoms with Crippen LogP contribution in [0.5, 0.6) is 0 Å². The van der Waals surface area contributed by atoms with Crippen molar-refractivity contribution in [2.45, 2.75) is 18.9 Å². The van der Waals surface area contributed by atoms with E-state index in [1.165, 1.54) is 12.1 Å². The number of nitrogens with zero attached hydrogens (tertiary/aromatic N) is 1. The Hall–Kier alpha value is -2.22. The Balaban J connectivity index is 1.48. The van der Waals surface area contributed by atoms with E-state index in [1.54, 1.807) is 4.90 Å². The van der Waals surface area contributed by atoms with Gasteiger partial charge in [-0.25, -0.2) is 8.78 Å². The fourth-order valence-corrected chi connectivity index (χ4v) is 3.61. The van der Waals surface area contributed by atoms with Crippen LogP contribution in [0.25, 0.3) is 0 Å². The minimum Gasteiger partial charge on any atom is -0.373 e. The predicted molar refractivity (Wildman–Crippen MR) is 83.7 cm³/mol. The average molecular weight is 336 g/mol. The molecule has 1 unspecified atom stereocenters. The third-order valence-electron chi connectivity index (χ3n) is 4.97. The van der Waals surface area contributed by atoms with Crippen LogP contribution in [0.1, 0.15) is 12.8 Å². The molecule has 0 bridgehead atoms. The number of benzene rings is 1. The molecule has 2 amide bonds. The van der Waals surface area contributed by atoms with Gasteiger partial charge in [0.1, 0.15) is 11.7 Å². The first-order valence-electron chi connectivity index (χ1n) is 8.01. The zero-order valence-electron chi connectivity index (χ0n) is 13.0. The molecule has 3 aliphatic rings. The molecule has 1 atom stereocenters. The predicted octanol–water partition coefficient (Wildman–Crippen LogP) is 0.591. The number of carbonyl (C=O) groups excluding carboxylic acids is 2. The highest BCUT2D eigenvalue weighted by atomic mass is 19.1. The molecule has 0 saturated carbocycles. The number of carbonyl (C=O) groups is 2. The summed E-state index contributed by atoms with van der Waals surface area (Å²) >= 11 is 0. The highest BCUT2D eigenvalue weighted by molar-refractivity contribution is 6.01. The van der Waals surface area contributed by atoms with E-state index in [4.69, 9.17) is 0 Å². The van der Waals surface area contributed by atoms with Crippen LogP contribution < -0.4 is 20.9 Å². The molecule has 0 aliphatic carbocycles. The maximum absolute atomic E-state index is 14.4. The molecule has 24 heavy (non-hydrogen) atoms. The number of anilines is 2. The Bertz CT molecular complexity index is 689. The first-order valence-corrected chi connectivity index (χ1v) is 8.01. The SMILES string of the molecule is O=C1CCC(Nc2cc(F)c(N3CC4(CNC4)C3)c(F)c2)C(=O)N1. The van der Waals surface area contributed by atoms with E-state index >= 15 is 0 Å². The minimum atomic E-state index is -0.666.